The van der Waals surface area contributed by atoms with Crippen molar-refractivity contribution in [2.45, 2.75) is 20.0 Å². The lowest BCUT2D eigenvalue weighted by atomic mass is 10.00. The average molecular weight is 356 g/mol. The van der Waals surface area contributed by atoms with Crippen LogP contribution in [-0.4, -0.2) is 20.4 Å². The highest BCUT2D eigenvalue weighted by Crippen LogP contribution is 2.25. The van der Waals surface area contributed by atoms with Crippen LogP contribution in [-0.2, 0) is 0 Å². The molecule has 4 aromatic rings. The highest BCUT2D eigenvalue weighted by Gasteiger charge is 2.19. The van der Waals surface area contributed by atoms with Crippen molar-refractivity contribution in [1.29, 1.82) is 0 Å². The van der Waals surface area contributed by atoms with Gasteiger partial charge in [-0.15, -0.1) is 0 Å². The van der Waals surface area contributed by atoms with Gasteiger partial charge >= 0.3 is 0 Å². The number of aliphatic hydroxyl groups is 1. The Kier molecular flexibility index (Phi) is 4.34. The number of ketones is 1. The smallest absolute Gasteiger partial charge is 0.195 e. The summed E-state index contributed by atoms with van der Waals surface area (Å²) in [7, 11) is 0. The van der Waals surface area contributed by atoms with Crippen molar-refractivity contribution >= 4 is 16.8 Å². The van der Waals surface area contributed by atoms with Crippen molar-refractivity contribution < 1.29 is 9.90 Å². The molecule has 27 heavy (non-hydrogen) atoms. The molecule has 0 amide bonds. The van der Waals surface area contributed by atoms with E-state index in [1.54, 1.807) is 24.3 Å². The number of nitrogens with zero attached hydrogens (tertiary/aromatic N) is 2. The average Bonchev–Trinajstić information content (AvgIpc) is 3.02. The molecule has 1 N–H and O–H groups in total. The van der Waals surface area contributed by atoms with E-state index >= 15 is 0 Å². The number of pyridine rings is 1. The van der Waals surface area contributed by atoms with Gasteiger partial charge in [0, 0.05) is 23.1 Å². The highest BCUT2D eigenvalue weighted by molar-refractivity contribution is 6.00. The Morgan fingerprint density at radius 1 is 1.00 bits per heavy atom. The fourth-order valence-electron chi connectivity index (χ4n) is 3.37. The molecule has 4 nitrogen and oxygen atoms in total. The number of hydrogen-bond acceptors (Lipinski definition) is 3. The summed E-state index contributed by atoms with van der Waals surface area (Å²) in [4.78, 5) is 17.1. The fourth-order valence-corrected chi connectivity index (χ4v) is 3.37. The van der Waals surface area contributed by atoms with Crippen LogP contribution in [0, 0.1) is 13.8 Å². The number of fused-ring (bicyclic) bond motifs is 1. The third kappa shape index (κ3) is 3.15. The second-order valence-corrected chi connectivity index (χ2v) is 6.76. The van der Waals surface area contributed by atoms with Gasteiger partial charge in [0.1, 0.15) is 6.10 Å². The maximum absolute atomic E-state index is 12.6. The van der Waals surface area contributed by atoms with Crippen LogP contribution in [0.5, 0.6) is 0 Å². The van der Waals surface area contributed by atoms with Crippen molar-refractivity contribution in [2.75, 3.05) is 0 Å². The molecular formula is C23H20N2O2. The number of rotatable bonds is 4. The summed E-state index contributed by atoms with van der Waals surface area (Å²) in [5.74, 6) is -0.306. The molecule has 0 aliphatic carbocycles. The summed E-state index contributed by atoms with van der Waals surface area (Å²) < 4.78 is 2.12. The number of Topliss-reactive ketones (excluding diaryl/α,β-unsaturated/α-hetero) is 1. The van der Waals surface area contributed by atoms with Gasteiger partial charge in [0.05, 0.1) is 11.0 Å². The fraction of sp³-hybridized carbons (Fsp3) is 0.130. The molecule has 1 unspecified atom stereocenters. The third-order valence-electron chi connectivity index (χ3n) is 4.75. The summed E-state index contributed by atoms with van der Waals surface area (Å²) in [5, 5.41) is 10.3. The van der Waals surface area contributed by atoms with Crippen LogP contribution in [0.1, 0.15) is 33.3 Å². The lowest BCUT2D eigenvalue weighted by molar-refractivity contribution is 0.0747. The molecule has 2 aromatic heterocycles. The van der Waals surface area contributed by atoms with E-state index in [4.69, 9.17) is 0 Å². The number of aryl methyl sites for hydroxylation is 2. The minimum Gasteiger partial charge on any atom is -0.380 e. The first-order chi connectivity index (χ1) is 13.0. The lowest BCUT2D eigenvalue weighted by Crippen LogP contribution is -2.12. The molecule has 0 aliphatic heterocycles. The normalized spacial score (nSPS) is 12.3. The summed E-state index contributed by atoms with van der Waals surface area (Å²) in [6.07, 6.45) is 0.705. The number of carbonyl (C=O) groups is 1. The molecule has 0 saturated heterocycles. The summed E-state index contributed by atoms with van der Waals surface area (Å²) in [5.41, 5.74) is 6.19. The van der Waals surface area contributed by atoms with Crippen molar-refractivity contribution in [3.8, 4) is 5.69 Å². The zero-order valence-electron chi connectivity index (χ0n) is 15.3. The van der Waals surface area contributed by atoms with E-state index in [1.807, 2.05) is 56.4 Å². The van der Waals surface area contributed by atoms with Gasteiger partial charge in [-0.1, -0.05) is 30.3 Å². The summed E-state index contributed by atoms with van der Waals surface area (Å²) in [6.45, 7) is 4.06. The zero-order valence-corrected chi connectivity index (χ0v) is 15.3. The Balaban J connectivity index is 1.68. The van der Waals surface area contributed by atoms with Gasteiger partial charge in [0.2, 0.25) is 0 Å². The minimum atomic E-state index is -1.15. The van der Waals surface area contributed by atoms with E-state index in [0.29, 0.717) is 11.1 Å². The molecule has 2 heterocycles. The van der Waals surface area contributed by atoms with Crippen LogP contribution in [0.2, 0.25) is 0 Å². The molecule has 4 heteroatoms. The van der Waals surface area contributed by atoms with Gasteiger partial charge in [0.15, 0.2) is 5.78 Å². The van der Waals surface area contributed by atoms with Crippen LogP contribution in [0.4, 0.5) is 0 Å². The molecule has 0 aliphatic rings. The Hall–Kier alpha value is -3.24. The van der Waals surface area contributed by atoms with E-state index in [2.05, 4.69) is 15.6 Å². The standard InChI is InChI=1S/C23H20N2O2/c1-15-12-21-20(24-14-15)13-16(2)25(21)19-10-8-18(9-11-19)23(27)22(26)17-6-4-3-5-7-17/h3-14,22,26H,1-2H3. The van der Waals surface area contributed by atoms with Crippen LogP contribution >= 0.6 is 0 Å². The van der Waals surface area contributed by atoms with Crippen molar-refractivity contribution in [3.05, 3.63) is 95.3 Å². The van der Waals surface area contributed by atoms with Gasteiger partial charge in [-0.2, -0.15) is 0 Å². The predicted octanol–water partition coefficient (Wildman–Crippen LogP) is 4.56. The molecule has 0 spiro atoms. The van der Waals surface area contributed by atoms with Gasteiger partial charge < -0.3 is 9.67 Å². The Morgan fingerprint density at radius 3 is 2.41 bits per heavy atom. The van der Waals surface area contributed by atoms with Crippen molar-refractivity contribution in [3.63, 3.8) is 0 Å². The molecule has 0 saturated carbocycles. The van der Waals surface area contributed by atoms with Gasteiger partial charge in [0.25, 0.3) is 0 Å². The SMILES string of the molecule is Cc1cnc2cc(C)n(-c3ccc(C(=O)C(O)c4ccccc4)cc3)c2c1. The molecule has 4 rings (SSSR count). The number of benzene rings is 2. The minimum absolute atomic E-state index is 0.306. The van der Waals surface area contributed by atoms with Crippen molar-refractivity contribution in [1.82, 2.24) is 9.55 Å². The Labute approximate surface area is 157 Å². The van der Waals surface area contributed by atoms with Crippen molar-refractivity contribution in [2.24, 2.45) is 0 Å². The second-order valence-electron chi connectivity index (χ2n) is 6.76. The van der Waals surface area contributed by atoms with Gasteiger partial charge in [-0.05, 0) is 61.4 Å². The van der Waals surface area contributed by atoms with E-state index in [-0.39, 0.29) is 5.78 Å². The van der Waals surface area contributed by atoms with E-state index in [0.717, 1.165) is 28.0 Å². The van der Waals surface area contributed by atoms with Crippen LogP contribution in [0.15, 0.2) is 72.9 Å². The lowest BCUT2D eigenvalue weighted by Gasteiger charge is -2.12. The number of carbonyl (C=O) groups excluding carboxylic acids is 1. The largest absolute Gasteiger partial charge is 0.380 e. The molecule has 0 radical (unpaired) electrons. The van der Waals surface area contributed by atoms with E-state index in [1.165, 1.54) is 0 Å². The maximum Gasteiger partial charge on any atom is 0.195 e. The van der Waals surface area contributed by atoms with Gasteiger partial charge in [-0.25, -0.2) is 0 Å². The molecule has 134 valence electrons. The summed E-state index contributed by atoms with van der Waals surface area (Å²) >= 11 is 0. The number of hydrogen-bond donors (Lipinski definition) is 1. The Bertz CT molecular complexity index is 1110. The molecule has 2 aromatic carbocycles. The number of aliphatic hydroxyl groups excluding tert-OH is 1. The first-order valence-corrected chi connectivity index (χ1v) is 8.87. The van der Waals surface area contributed by atoms with Crippen LogP contribution in [0.25, 0.3) is 16.7 Å². The second kappa shape index (κ2) is 6.82. The quantitative estimate of drug-likeness (QED) is 0.546. The molecule has 1 atom stereocenters. The zero-order chi connectivity index (χ0) is 19.0. The first kappa shape index (κ1) is 17.2. The monoisotopic (exact) mass is 356 g/mol. The van der Waals surface area contributed by atoms with E-state index in [9.17, 15) is 9.90 Å². The molecule has 0 fully saturated rings. The molecule has 0 bridgehead atoms. The third-order valence-corrected chi connectivity index (χ3v) is 4.75. The highest BCUT2D eigenvalue weighted by atomic mass is 16.3. The number of aromatic nitrogens is 2. The predicted molar refractivity (Wildman–Crippen MR) is 106 cm³/mol. The van der Waals surface area contributed by atoms with Crippen LogP contribution < -0.4 is 0 Å². The first-order valence-electron chi connectivity index (χ1n) is 8.87. The maximum atomic E-state index is 12.6. The van der Waals surface area contributed by atoms with E-state index < -0.39 is 6.10 Å². The molecular weight excluding hydrogens is 336 g/mol. The summed E-state index contributed by atoms with van der Waals surface area (Å²) in [6, 6.07) is 20.5. The van der Waals surface area contributed by atoms with Gasteiger partial charge in [-0.3, -0.25) is 9.78 Å². The Morgan fingerprint density at radius 2 is 1.70 bits per heavy atom. The van der Waals surface area contributed by atoms with Crippen LogP contribution in [0.3, 0.4) is 0 Å². The topological polar surface area (TPSA) is 55.1 Å².